The highest BCUT2D eigenvalue weighted by molar-refractivity contribution is 9.09. The summed E-state index contributed by atoms with van der Waals surface area (Å²) in [5.74, 6) is 0.736. The fourth-order valence-corrected chi connectivity index (χ4v) is 1.49. The van der Waals surface area contributed by atoms with Crippen molar-refractivity contribution in [1.82, 2.24) is 4.90 Å². The van der Waals surface area contributed by atoms with Gasteiger partial charge in [0.2, 0.25) is 0 Å². The maximum atomic E-state index is 12.0. The second-order valence-electron chi connectivity index (χ2n) is 4.26. The Hall–Kier alpha value is -0.770. The molecule has 0 atom stereocenters. The number of furan rings is 1. The first-order chi connectivity index (χ1) is 6.88. The highest BCUT2D eigenvalue weighted by Crippen LogP contribution is 2.19. The molecule has 1 aromatic rings. The topological polar surface area (TPSA) is 33.5 Å². The Morgan fingerprint density at radius 2 is 2.20 bits per heavy atom. The molecule has 4 heteroatoms. The molecule has 15 heavy (non-hydrogen) atoms. The molecule has 0 aliphatic rings. The number of carbonyl (C=O) groups is 1. The van der Waals surface area contributed by atoms with Crippen molar-refractivity contribution in [3.8, 4) is 0 Å². The number of hydrogen-bond donors (Lipinski definition) is 0. The average Bonchev–Trinajstić information content (AvgIpc) is 2.62. The van der Waals surface area contributed by atoms with E-state index in [2.05, 4.69) is 15.9 Å². The van der Waals surface area contributed by atoms with Crippen molar-refractivity contribution in [2.24, 2.45) is 0 Å². The molecule has 0 N–H and O–H groups in total. The number of halogens is 1. The highest BCUT2D eigenvalue weighted by Gasteiger charge is 2.27. The molecule has 0 saturated carbocycles. The zero-order valence-electron chi connectivity index (χ0n) is 9.50. The average molecular weight is 274 g/mol. The van der Waals surface area contributed by atoms with E-state index < -0.39 is 0 Å². The molecule has 1 rings (SSSR count). The first kappa shape index (κ1) is 12.3. The van der Waals surface area contributed by atoms with Gasteiger partial charge in [-0.15, -0.1) is 0 Å². The normalized spacial score (nSPS) is 11.5. The molecule has 0 spiro atoms. The van der Waals surface area contributed by atoms with Crippen molar-refractivity contribution in [1.29, 1.82) is 0 Å². The van der Waals surface area contributed by atoms with Gasteiger partial charge in [0.25, 0.3) is 5.91 Å². The monoisotopic (exact) mass is 273 g/mol. The van der Waals surface area contributed by atoms with Crippen molar-refractivity contribution in [2.75, 3.05) is 12.4 Å². The van der Waals surface area contributed by atoms with Crippen molar-refractivity contribution < 1.29 is 9.21 Å². The lowest BCUT2D eigenvalue weighted by atomic mass is 10.1. The molecule has 0 unspecified atom stereocenters. The summed E-state index contributed by atoms with van der Waals surface area (Å²) in [7, 11) is 1.80. The molecule has 3 nitrogen and oxygen atoms in total. The maximum Gasteiger partial charge on any atom is 0.257 e. The van der Waals surface area contributed by atoms with Crippen LogP contribution >= 0.6 is 15.9 Å². The number of aryl methyl sites for hydroxylation is 1. The van der Waals surface area contributed by atoms with E-state index >= 15 is 0 Å². The minimum Gasteiger partial charge on any atom is -0.469 e. The van der Waals surface area contributed by atoms with Gasteiger partial charge in [0.15, 0.2) is 0 Å². The molecule has 0 aliphatic carbocycles. The number of nitrogens with zero attached hydrogens (tertiary/aromatic N) is 1. The van der Waals surface area contributed by atoms with Gasteiger partial charge in [0.1, 0.15) is 12.0 Å². The third-order valence-corrected chi connectivity index (χ3v) is 3.89. The predicted octanol–water partition coefficient (Wildman–Crippen LogP) is 2.83. The third-order valence-electron chi connectivity index (χ3n) is 2.52. The summed E-state index contributed by atoms with van der Waals surface area (Å²) in [5, 5.41) is 0.735. The Balaban J connectivity index is 2.86. The fourth-order valence-electron chi connectivity index (χ4n) is 1.11. The van der Waals surface area contributed by atoms with E-state index in [-0.39, 0.29) is 11.4 Å². The lowest BCUT2D eigenvalue weighted by Crippen LogP contribution is -2.46. The van der Waals surface area contributed by atoms with Crippen LogP contribution in [0.2, 0.25) is 0 Å². The Morgan fingerprint density at radius 3 is 2.60 bits per heavy atom. The van der Waals surface area contributed by atoms with Crippen LogP contribution in [0.25, 0.3) is 0 Å². The zero-order chi connectivity index (χ0) is 11.6. The Kier molecular flexibility index (Phi) is 3.60. The van der Waals surface area contributed by atoms with E-state index in [4.69, 9.17) is 4.42 Å². The van der Waals surface area contributed by atoms with Crippen LogP contribution in [0.5, 0.6) is 0 Å². The zero-order valence-corrected chi connectivity index (χ0v) is 11.1. The van der Waals surface area contributed by atoms with Crippen molar-refractivity contribution in [3.05, 3.63) is 23.7 Å². The molecule has 0 saturated heterocycles. The van der Waals surface area contributed by atoms with Crippen LogP contribution in [0.4, 0.5) is 0 Å². The molecule has 1 amide bonds. The summed E-state index contributed by atoms with van der Waals surface area (Å²) in [6.45, 7) is 5.84. The van der Waals surface area contributed by atoms with Gasteiger partial charge in [-0.1, -0.05) is 15.9 Å². The van der Waals surface area contributed by atoms with Crippen molar-refractivity contribution >= 4 is 21.8 Å². The number of carbonyl (C=O) groups excluding carboxylic acids is 1. The number of amides is 1. The van der Waals surface area contributed by atoms with Crippen LogP contribution in [-0.2, 0) is 0 Å². The van der Waals surface area contributed by atoms with Gasteiger partial charge in [0, 0.05) is 17.9 Å². The van der Waals surface area contributed by atoms with Crippen molar-refractivity contribution in [3.63, 3.8) is 0 Å². The van der Waals surface area contributed by atoms with E-state index in [1.165, 1.54) is 6.26 Å². The van der Waals surface area contributed by atoms with Gasteiger partial charge in [-0.25, -0.2) is 0 Å². The molecule has 0 fully saturated rings. The maximum absolute atomic E-state index is 12.0. The number of alkyl halides is 1. The van der Waals surface area contributed by atoms with Crippen molar-refractivity contribution in [2.45, 2.75) is 26.3 Å². The van der Waals surface area contributed by atoms with Crippen LogP contribution in [0.1, 0.15) is 30.0 Å². The fraction of sp³-hybridized carbons (Fsp3) is 0.545. The summed E-state index contributed by atoms with van der Waals surface area (Å²) in [4.78, 5) is 13.7. The Bertz CT molecular complexity index is 357. The molecular weight excluding hydrogens is 258 g/mol. The van der Waals surface area contributed by atoms with Gasteiger partial charge in [-0.2, -0.15) is 0 Å². The van der Waals surface area contributed by atoms with Crippen LogP contribution in [0, 0.1) is 6.92 Å². The third kappa shape index (κ3) is 2.62. The molecule has 0 aromatic carbocycles. The van der Waals surface area contributed by atoms with E-state index in [0.717, 1.165) is 11.1 Å². The minimum absolute atomic E-state index is 0.0173. The van der Waals surface area contributed by atoms with E-state index in [0.29, 0.717) is 5.56 Å². The molecular formula is C11H16BrNO2. The van der Waals surface area contributed by atoms with Gasteiger partial charge in [-0.05, 0) is 26.8 Å². The highest BCUT2D eigenvalue weighted by atomic mass is 79.9. The Labute approximate surface area is 98.6 Å². The molecule has 0 bridgehead atoms. The summed E-state index contributed by atoms with van der Waals surface area (Å²) in [6, 6.07) is 1.75. The summed E-state index contributed by atoms with van der Waals surface area (Å²) >= 11 is 3.40. The van der Waals surface area contributed by atoms with Gasteiger partial charge in [0.05, 0.1) is 5.56 Å². The van der Waals surface area contributed by atoms with Gasteiger partial charge < -0.3 is 9.32 Å². The standard InChI is InChI=1S/C11H16BrNO2/c1-8-5-9(6-15-8)10(14)13(4)11(2,3)7-12/h5-6H,7H2,1-4H3. The number of hydrogen-bond acceptors (Lipinski definition) is 2. The smallest absolute Gasteiger partial charge is 0.257 e. The van der Waals surface area contributed by atoms with Crippen LogP contribution in [0.15, 0.2) is 16.7 Å². The van der Waals surface area contributed by atoms with Gasteiger partial charge in [-0.3, -0.25) is 4.79 Å². The molecule has 0 aliphatic heterocycles. The second kappa shape index (κ2) is 4.39. The number of rotatable bonds is 3. The summed E-state index contributed by atoms with van der Waals surface area (Å²) < 4.78 is 5.12. The first-order valence-electron chi connectivity index (χ1n) is 4.78. The largest absolute Gasteiger partial charge is 0.469 e. The second-order valence-corrected chi connectivity index (χ2v) is 4.82. The van der Waals surface area contributed by atoms with E-state index in [1.807, 2.05) is 20.8 Å². The molecule has 0 radical (unpaired) electrons. The lowest BCUT2D eigenvalue weighted by Gasteiger charge is -2.33. The lowest BCUT2D eigenvalue weighted by molar-refractivity contribution is 0.0663. The molecule has 84 valence electrons. The first-order valence-corrected chi connectivity index (χ1v) is 5.90. The van der Waals surface area contributed by atoms with Crippen LogP contribution in [0.3, 0.4) is 0 Å². The quantitative estimate of drug-likeness (QED) is 0.794. The summed E-state index contributed by atoms with van der Waals surface area (Å²) in [5.41, 5.74) is 0.395. The minimum atomic E-state index is -0.206. The SMILES string of the molecule is Cc1cc(C(=O)N(C)C(C)(C)CBr)co1. The summed E-state index contributed by atoms with van der Waals surface area (Å²) in [6.07, 6.45) is 1.50. The van der Waals surface area contributed by atoms with E-state index in [9.17, 15) is 4.79 Å². The molecule has 1 heterocycles. The Morgan fingerprint density at radius 1 is 1.60 bits per heavy atom. The predicted molar refractivity (Wildman–Crippen MR) is 63.4 cm³/mol. The van der Waals surface area contributed by atoms with Crippen LogP contribution < -0.4 is 0 Å². The van der Waals surface area contributed by atoms with E-state index in [1.54, 1.807) is 18.0 Å². The molecule has 1 aromatic heterocycles. The van der Waals surface area contributed by atoms with Crippen LogP contribution in [-0.4, -0.2) is 28.7 Å². The van der Waals surface area contributed by atoms with Gasteiger partial charge >= 0.3 is 0 Å².